The fourth-order valence-electron chi connectivity index (χ4n) is 1.72. The van der Waals surface area contributed by atoms with E-state index in [9.17, 15) is 9.59 Å². The van der Waals surface area contributed by atoms with Gasteiger partial charge in [0.1, 0.15) is 12.2 Å². The molecule has 2 heterocycles. The molecule has 2 aromatic rings. The van der Waals surface area contributed by atoms with Crippen LogP contribution < -0.4 is 5.32 Å². The smallest absolute Gasteiger partial charge is 0.325 e. The summed E-state index contributed by atoms with van der Waals surface area (Å²) in [6.45, 7) is 1.66. The van der Waals surface area contributed by atoms with E-state index in [2.05, 4.69) is 20.7 Å². The third kappa shape index (κ3) is 3.19. The number of aryl methyl sites for hydroxylation is 2. The number of aromatic nitrogens is 5. The summed E-state index contributed by atoms with van der Waals surface area (Å²) in [5.41, 5.74) is 1.62. The van der Waals surface area contributed by atoms with Crippen LogP contribution in [0.1, 0.15) is 21.7 Å². The number of amides is 1. The summed E-state index contributed by atoms with van der Waals surface area (Å²) in [7, 11) is 1.74. The van der Waals surface area contributed by atoms with Crippen molar-refractivity contribution in [3.05, 3.63) is 29.3 Å². The SMILES string of the molecule is Cc1nn(C)cc1C(=O)NCc1cn(CC(=O)O)nn1. The second-order valence-electron chi connectivity index (χ2n) is 4.29. The van der Waals surface area contributed by atoms with E-state index in [4.69, 9.17) is 5.11 Å². The van der Waals surface area contributed by atoms with Crippen molar-refractivity contribution in [2.24, 2.45) is 7.05 Å². The van der Waals surface area contributed by atoms with E-state index in [0.717, 1.165) is 0 Å². The molecule has 0 unspecified atom stereocenters. The van der Waals surface area contributed by atoms with Crippen LogP contribution >= 0.6 is 0 Å². The van der Waals surface area contributed by atoms with Crippen LogP contribution in [0.15, 0.2) is 12.4 Å². The van der Waals surface area contributed by atoms with Crippen molar-refractivity contribution in [3.8, 4) is 0 Å². The second kappa shape index (κ2) is 5.51. The van der Waals surface area contributed by atoms with Gasteiger partial charge in [-0.2, -0.15) is 5.10 Å². The normalized spacial score (nSPS) is 10.5. The molecular formula is C11H14N6O3. The number of nitrogens with one attached hydrogen (secondary N) is 1. The van der Waals surface area contributed by atoms with Gasteiger partial charge in [-0.05, 0) is 6.92 Å². The first-order chi connectivity index (χ1) is 9.45. The van der Waals surface area contributed by atoms with Crippen molar-refractivity contribution in [3.63, 3.8) is 0 Å². The Morgan fingerprint density at radius 1 is 1.40 bits per heavy atom. The molecule has 0 spiro atoms. The Morgan fingerprint density at radius 2 is 2.15 bits per heavy atom. The largest absolute Gasteiger partial charge is 0.480 e. The lowest BCUT2D eigenvalue weighted by molar-refractivity contribution is -0.137. The molecule has 0 radical (unpaired) electrons. The average Bonchev–Trinajstić information content (AvgIpc) is 2.92. The minimum atomic E-state index is -1.00. The maximum Gasteiger partial charge on any atom is 0.325 e. The van der Waals surface area contributed by atoms with Gasteiger partial charge in [-0.15, -0.1) is 5.10 Å². The highest BCUT2D eigenvalue weighted by Crippen LogP contribution is 2.04. The third-order valence-corrected chi connectivity index (χ3v) is 2.57. The molecule has 9 heteroatoms. The van der Waals surface area contributed by atoms with Gasteiger partial charge >= 0.3 is 5.97 Å². The predicted octanol–water partition coefficient (Wildman–Crippen LogP) is -0.665. The molecule has 0 aliphatic rings. The van der Waals surface area contributed by atoms with Crippen molar-refractivity contribution < 1.29 is 14.7 Å². The van der Waals surface area contributed by atoms with Gasteiger partial charge < -0.3 is 10.4 Å². The molecular weight excluding hydrogens is 264 g/mol. The molecule has 0 fully saturated rings. The van der Waals surface area contributed by atoms with Crippen LogP contribution in [0.2, 0.25) is 0 Å². The summed E-state index contributed by atoms with van der Waals surface area (Å²) in [5, 5.41) is 22.8. The summed E-state index contributed by atoms with van der Waals surface area (Å²) in [4.78, 5) is 22.4. The molecule has 0 bridgehead atoms. The second-order valence-corrected chi connectivity index (χ2v) is 4.29. The number of carbonyl (C=O) groups is 2. The summed E-state index contributed by atoms with van der Waals surface area (Å²) >= 11 is 0. The molecule has 0 aliphatic heterocycles. The molecule has 2 rings (SSSR count). The van der Waals surface area contributed by atoms with Gasteiger partial charge in [-0.3, -0.25) is 14.3 Å². The fraction of sp³-hybridized carbons (Fsp3) is 0.364. The Kier molecular flexibility index (Phi) is 3.78. The van der Waals surface area contributed by atoms with Gasteiger partial charge in [0, 0.05) is 13.2 Å². The summed E-state index contributed by atoms with van der Waals surface area (Å²) in [6, 6.07) is 0. The van der Waals surface area contributed by atoms with Gasteiger partial charge in [0.05, 0.1) is 24.0 Å². The summed E-state index contributed by atoms with van der Waals surface area (Å²) in [6.07, 6.45) is 3.11. The van der Waals surface area contributed by atoms with Crippen LogP contribution in [0.25, 0.3) is 0 Å². The van der Waals surface area contributed by atoms with E-state index < -0.39 is 5.97 Å². The van der Waals surface area contributed by atoms with Crippen molar-refractivity contribution in [1.29, 1.82) is 0 Å². The average molecular weight is 278 g/mol. The first-order valence-electron chi connectivity index (χ1n) is 5.85. The van der Waals surface area contributed by atoms with Gasteiger partial charge in [0.25, 0.3) is 5.91 Å². The number of hydrogen-bond donors (Lipinski definition) is 2. The Labute approximate surface area is 114 Å². The van der Waals surface area contributed by atoms with E-state index in [1.165, 1.54) is 10.9 Å². The van der Waals surface area contributed by atoms with Crippen molar-refractivity contribution in [2.45, 2.75) is 20.0 Å². The lowest BCUT2D eigenvalue weighted by Gasteiger charge is -2.00. The van der Waals surface area contributed by atoms with E-state index in [0.29, 0.717) is 17.0 Å². The molecule has 2 N–H and O–H groups in total. The maximum absolute atomic E-state index is 11.9. The number of carboxylic acids is 1. The quantitative estimate of drug-likeness (QED) is 0.750. The topological polar surface area (TPSA) is 115 Å². The van der Waals surface area contributed by atoms with Crippen LogP contribution in [-0.2, 0) is 24.9 Å². The standard InChI is InChI=1S/C11H14N6O3/c1-7-9(5-16(2)14-7)11(20)12-3-8-4-17(15-13-8)6-10(18)19/h4-5H,3,6H2,1-2H3,(H,12,20)(H,18,19). The molecule has 0 aromatic carbocycles. The Hall–Kier alpha value is -2.71. The lowest BCUT2D eigenvalue weighted by atomic mass is 10.2. The zero-order valence-corrected chi connectivity index (χ0v) is 11.1. The highest BCUT2D eigenvalue weighted by Gasteiger charge is 2.13. The van der Waals surface area contributed by atoms with Crippen molar-refractivity contribution in [1.82, 2.24) is 30.1 Å². The number of aliphatic carboxylic acids is 1. The van der Waals surface area contributed by atoms with Crippen LogP contribution in [0.4, 0.5) is 0 Å². The highest BCUT2D eigenvalue weighted by atomic mass is 16.4. The monoisotopic (exact) mass is 278 g/mol. The Morgan fingerprint density at radius 3 is 2.75 bits per heavy atom. The fourth-order valence-corrected chi connectivity index (χ4v) is 1.72. The lowest BCUT2D eigenvalue weighted by Crippen LogP contribution is -2.23. The number of carboxylic acid groups (broad SMARTS) is 1. The Balaban J connectivity index is 1.95. The van der Waals surface area contributed by atoms with Crippen LogP contribution in [-0.4, -0.2) is 41.8 Å². The molecule has 0 saturated carbocycles. The van der Waals surface area contributed by atoms with Crippen molar-refractivity contribution in [2.75, 3.05) is 0 Å². The minimum absolute atomic E-state index is 0.173. The Bertz CT molecular complexity index is 644. The van der Waals surface area contributed by atoms with E-state index in [-0.39, 0.29) is 19.0 Å². The molecule has 106 valence electrons. The summed E-state index contributed by atoms with van der Waals surface area (Å²) in [5.74, 6) is -1.26. The van der Waals surface area contributed by atoms with E-state index in [1.807, 2.05) is 0 Å². The molecule has 1 amide bonds. The highest BCUT2D eigenvalue weighted by molar-refractivity contribution is 5.94. The van der Waals surface area contributed by atoms with Gasteiger partial charge in [0.2, 0.25) is 0 Å². The summed E-state index contributed by atoms with van der Waals surface area (Å²) < 4.78 is 2.76. The zero-order valence-electron chi connectivity index (χ0n) is 11.1. The van der Waals surface area contributed by atoms with Gasteiger partial charge in [-0.1, -0.05) is 5.21 Å². The van der Waals surface area contributed by atoms with Gasteiger partial charge in [-0.25, -0.2) is 4.68 Å². The molecule has 0 aliphatic carbocycles. The molecule has 0 saturated heterocycles. The van der Waals surface area contributed by atoms with Crippen LogP contribution in [0.5, 0.6) is 0 Å². The van der Waals surface area contributed by atoms with E-state index in [1.54, 1.807) is 24.9 Å². The van der Waals surface area contributed by atoms with Crippen LogP contribution in [0, 0.1) is 6.92 Å². The number of rotatable bonds is 5. The zero-order chi connectivity index (χ0) is 14.7. The molecule has 9 nitrogen and oxygen atoms in total. The minimum Gasteiger partial charge on any atom is -0.480 e. The first kappa shape index (κ1) is 13.7. The number of hydrogen-bond acceptors (Lipinski definition) is 5. The molecule has 2 aromatic heterocycles. The van der Waals surface area contributed by atoms with Gasteiger partial charge in [0.15, 0.2) is 0 Å². The number of nitrogens with zero attached hydrogens (tertiary/aromatic N) is 5. The molecule has 20 heavy (non-hydrogen) atoms. The third-order valence-electron chi connectivity index (χ3n) is 2.57. The van der Waals surface area contributed by atoms with Crippen molar-refractivity contribution >= 4 is 11.9 Å². The maximum atomic E-state index is 11.9. The predicted molar refractivity (Wildman–Crippen MR) is 66.8 cm³/mol. The molecule has 0 atom stereocenters. The van der Waals surface area contributed by atoms with Crippen LogP contribution in [0.3, 0.4) is 0 Å². The number of carbonyl (C=O) groups excluding carboxylic acids is 1. The first-order valence-corrected chi connectivity index (χ1v) is 5.85. The van der Waals surface area contributed by atoms with E-state index >= 15 is 0 Å².